The van der Waals surface area contributed by atoms with Crippen molar-refractivity contribution in [2.75, 3.05) is 26.6 Å². The van der Waals surface area contributed by atoms with Crippen molar-refractivity contribution in [2.45, 2.75) is 0 Å². The second kappa shape index (κ2) is 6.65. The molecule has 0 unspecified atom stereocenters. The van der Waals surface area contributed by atoms with Gasteiger partial charge in [0.25, 0.3) is 0 Å². The van der Waals surface area contributed by atoms with E-state index in [1.54, 1.807) is 25.3 Å². The van der Waals surface area contributed by atoms with E-state index in [1.165, 1.54) is 14.2 Å². The average Bonchev–Trinajstić information content (AvgIpc) is 2.38. The number of thiocarbonyl (C=S) groups is 1. The molecule has 0 aliphatic carbocycles. The number of rotatable bonds is 3. The van der Waals surface area contributed by atoms with E-state index in [2.05, 4.69) is 15.4 Å². The molecular weight excluding hydrogens is 256 g/mol. The van der Waals surface area contributed by atoms with Gasteiger partial charge in [-0.2, -0.15) is 0 Å². The third-order valence-corrected chi connectivity index (χ3v) is 2.26. The number of ether oxygens (including phenoxy) is 3. The average molecular weight is 270 g/mol. The monoisotopic (exact) mass is 270 g/mol. The van der Waals surface area contributed by atoms with Gasteiger partial charge in [-0.05, 0) is 24.4 Å². The Balaban J connectivity index is 2.81. The zero-order valence-electron chi connectivity index (χ0n) is 10.3. The molecule has 2 N–H and O–H groups in total. The third-order valence-electron chi connectivity index (χ3n) is 2.06. The molecule has 1 amide bonds. The molecule has 0 radical (unpaired) electrons. The van der Waals surface area contributed by atoms with E-state index in [1.807, 2.05) is 0 Å². The molecule has 98 valence electrons. The van der Waals surface area contributed by atoms with Crippen LogP contribution >= 0.6 is 12.2 Å². The van der Waals surface area contributed by atoms with Crippen LogP contribution in [0.1, 0.15) is 0 Å². The first kappa shape index (κ1) is 14.0. The minimum atomic E-state index is -0.644. The molecule has 1 rings (SSSR count). The maximum atomic E-state index is 11.0. The Morgan fingerprint density at radius 3 is 2.50 bits per heavy atom. The molecule has 0 fully saturated rings. The fourth-order valence-corrected chi connectivity index (χ4v) is 1.40. The number of alkyl carbamates (subject to hydrolysis) is 1. The van der Waals surface area contributed by atoms with Gasteiger partial charge in [0, 0.05) is 6.07 Å². The molecule has 0 saturated carbocycles. The number of benzene rings is 1. The van der Waals surface area contributed by atoms with Crippen molar-refractivity contribution in [3.8, 4) is 11.5 Å². The van der Waals surface area contributed by atoms with Crippen molar-refractivity contribution in [3.05, 3.63) is 18.2 Å². The first-order valence-corrected chi connectivity index (χ1v) is 5.39. The van der Waals surface area contributed by atoms with Crippen molar-refractivity contribution in [1.82, 2.24) is 5.32 Å². The Morgan fingerprint density at radius 1 is 1.22 bits per heavy atom. The van der Waals surface area contributed by atoms with Crippen LogP contribution in [0, 0.1) is 0 Å². The summed E-state index contributed by atoms with van der Waals surface area (Å²) in [7, 11) is 4.34. The summed E-state index contributed by atoms with van der Waals surface area (Å²) >= 11 is 4.95. The molecule has 0 aliphatic heterocycles. The summed E-state index contributed by atoms with van der Waals surface area (Å²) in [6.07, 6.45) is -0.644. The first-order valence-electron chi connectivity index (χ1n) is 4.98. The normalized spacial score (nSPS) is 9.28. The van der Waals surface area contributed by atoms with Gasteiger partial charge in [0.15, 0.2) is 5.11 Å². The molecule has 0 spiro atoms. The highest BCUT2D eigenvalue weighted by molar-refractivity contribution is 7.80. The number of nitrogens with one attached hydrogen (secondary N) is 2. The Kier molecular flexibility index (Phi) is 5.19. The molecular formula is C11H14N2O4S. The van der Waals surface area contributed by atoms with E-state index in [4.69, 9.17) is 21.7 Å². The van der Waals surface area contributed by atoms with Crippen LogP contribution in [-0.2, 0) is 4.74 Å². The standard InChI is InChI=1S/C11H14N2O4S/c1-15-7-4-5-9(16-2)8(6-7)12-10(18)13-11(14)17-3/h4-6H,1-3H3,(H2,12,13,14,18). The van der Waals surface area contributed by atoms with Crippen LogP contribution in [0.3, 0.4) is 0 Å². The van der Waals surface area contributed by atoms with E-state index in [0.29, 0.717) is 17.2 Å². The second-order valence-electron chi connectivity index (χ2n) is 3.14. The molecule has 0 bridgehead atoms. The Hall–Kier alpha value is -2.02. The van der Waals surface area contributed by atoms with Crippen LogP contribution in [-0.4, -0.2) is 32.5 Å². The number of amides is 1. The van der Waals surface area contributed by atoms with E-state index >= 15 is 0 Å². The lowest BCUT2D eigenvalue weighted by Gasteiger charge is -2.13. The predicted molar refractivity (Wildman–Crippen MR) is 71.3 cm³/mol. The zero-order chi connectivity index (χ0) is 13.5. The van der Waals surface area contributed by atoms with Crippen molar-refractivity contribution in [2.24, 2.45) is 0 Å². The molecule has 0 heterocycles. The molecule has 0 aromatic heterocycles. The predicted octanol–water partition coefficient (Wildman–Crippen LogP) is 1.76. The van der Waals surface area contributed by atoms with Crippen LogP contribution < -0.4 is 20.1 Å². The molecule has 0 saturated heterocycles. The lowest BCUT2D eigenvalue weighted by Crippen LogP contribution is -2.34. The maximum Gasteiger partial charge on any atom is 0.413 e. The van der Waals surface area contributed by atoms with E-state index in [-0.39, 0.29) is 5.11 Å². The van der Waals surface area contributed by atoms with Gasteiger partial charge in [0.1, 0.15) is 11.5 Å². The first-order chi connectivity index (χ1) is 8.60. The van der Waals surface area contributed by atoms with E-state index in [9.17, 15) is 4.79 Å². The van der Waals surface area contributed by atoms with Gasteiger partial charge in [-0.25, -0.2) is 4.79 Å². The number of carbonyl (C=O) groups is 1. The highest BCUT2D eigenvalue weighted by Crippen LogP contribution is 2.28. The summed E-state index contributed by atoms with van der Waals surface area (Å²) in [5.41, 5.74) is 0.582. The molecule has 1 aromatic carbocycles. The van der Waals surface area contributed by atoms with Gasteiger partial charge in [0.05, 0.1) is 27.0 Å². The lowest BCUT2D eigenvalue weighted by atomic mass is 10.2. The van der Waals surface area contributed by atoms with Crippen LogP contribution in [0.5, 0.6) is 11.5 Å². The van der Waals surface area contributed by atoms with E-state index < -0.39 is 6.09 Å². The maximum absolute atomic E-state index is 11.0. The van der Waals surface area contributed by atoms with Gasteiger partial charge in [-0.15, -0.1) is 0 Å². The summed E-state index contributed by atoms with van der Waals surface area (Å²) in [4.78, 5) is 11.0. The topological polar surface area (TPSA) is 68.8 Å². The molecule has 1 aromatic rings. The summed E-state index contributed by atoms with van der Waals surface area (Å²) in [5.74, 6) is 1.21. The van der Waals surface area contributed by atoms with Crippen LogP contribution in [0.15, 0.2) is 18.2 Å². The summed E-state index contributed by atoms with van der Waals surface area (Å²) in [5, 5.41) is 5.25. The van der Waals surface area contributed by atoms with Gasteiger partial charge >= 0.3 is 6.09 Å². The molecule has 6 nitrogen and oxygen atoms in total. The highest BCUT2D eigenvalue weighted by atomic mass is 32.1. The number of carbonyl (C=O) groups excluding carboxylic acids is 1. The van der Waals surface area contributed by atoms with Crippen molar-refractivity contribution in [1.29, 1.82) is 0 Å². The van der Waals surface area contributed by atoms with Crippen molar-refractivity contribution >= 4 is 29.1 Å². The Bertz CT molecular complexity index is 451. The van der Waals surface area contributed by atoms with Crippen LogP contribution in [0.25, 0.3) is 0 Å². The SMILES string of the molecule is COC(=O)NC(=S)Nc1cc(OC)ccc1OC. The molecule has 7 heteroatoms. The second-order valence-corrected chi connectivity index (χ2v) is 3.55. The number of methoxy groups -OCH3 is 3. The lowest BCUT2D eigenvalue weighted by molar-refractivity contribution is 0.177. The van der Waals surface area contributed by atoms with Gasteiger partial charge in [-0.1, -0.05) is 0 Å². The summed E-state index contributed by atoms with van der Waals surface area (Å²) < 4.78 is 14.7. The summed E-state index contributed by atoms with van der Waals surface area (Å²) in [6, 6.07) is 5.17. The zero-order valence-corrected chi connectivity index (χ0v) is 11.1. The van der Waals surface area contributed by atoms with Crippen LogP contribution in [0.2, 0.25) is 0 Å². The summed E-state index contributed by atoms with van der Waals surface area (Å²) in [6.45, 7) is 0. The van der Waals surface area contributed by atoms with E-state index in [0.717, 1.165) is 0 Å². The van der Waals surface area contributed by atoms with Gasteiger partial charge in [-0.3, -0.25) is 5.32 Å². The highest BCUT2D eigenvalue weighted by Gasteiger charge is 2.08. The van der Waals surface area contributed by atoms with Crippen molar-refractivity contribution < 1.29 is 19.0 Å². The molecule has 0 aliphatic rings. The largest absolute Gasteiger partial charge is 0.497 e. The fraction of sp³-hybridized carbons (Fsp3) is 0.273. The quantitative estimate of drug-likeness (QED) is 0.816. The number of hydrogen-bond donors (Lipinski definition) is 2. The minimum absolute atomic E-state index is 0.105. The van der Waals surface area contributed by atoms with Gasteiger partial charge < -0.3 is 19.5 Å². The Morgan fingerprint density at radius 2 is 1.94 bits per heavy atom. The molecule has 0 atom stereocenters. The number of anilines is 1. The Labute approximate surface area is 110 Å². The van der Waals surface area contributed by atoms with Gasteiger partial charge in [0.2, 0.25) is 0 Å². The smallest absolute Gasteiger partial charge is 0.413 e. The van der Waals surface area contributed by atoms with Crippen LogP contribution in [0.4, 0.5) is 10.5 Å². The molecule has 18 heavy (non-hydrogen) atoms. The minimum Gasteiger partial charge on any atom is -0.497 e. The van der Waals surface area contributed by atoms with Crippen molar-refractivity contribution in [3.63, 3.8) is 0 Å². The third kappa shape index (κ3) is 3.77. The number of hydrogen-bond acceptors (Lipinski definition) is 5. The fourth-order valence-electron chi connectivity index (χ4n) is 1.21.